The van der Waals surface area contributed by atoms with Crippen LogP contribution in [0.3, 0.4) is 0 Å². The van der Waals surface area contributed by atoms with E-state index in [0.29, 0.717) is 0 Å². The summed E-state index contributed by atoms with van der Waals surface area (Å²) in [6.45, 7) is 4.56. The van der Waals surface area contributed by atoms with Crippen LogP contribution in [-0.2, 0) is 0 Å². The maximum absolute atomic E-state index is 3.53. The van der Waals surface area contributed by atoms with Crippen LogP contribution in [0.15, 0.2) is 0 Å². The van der Waals surface area contributed by atoms with Gasteiger partial charge in [-0.2, -0.15) is 10.2 Å². The molecule has 1 N–H and O–H groups in total. The molecule has 0 spiro atoms. The molecule has 0 amide bonds. The second-order valence-corrected chi connectivity index (χ2v) is 6.64. The lowest BCUT2D eigenvalue weighted by atomic mass is 10.4. The summed E-state index contributed by atoms with van der Waals surface area (Å²) in [5.41, 5.74) is 0. The summed E-state index contributed by atoms with van der Waals surface area (Å²) in [5, 5.41) is 0.851. The highest BCUT2D eigenvalue weighted by atomic mass is 32.3. The molecule has 2 heteroatoms. The van der Waals surface area contributed by atoms with Gasteiger partial charge in [0.25, 0.3) is 0 Å². The summed E-state index contributed by atoms with van der Waals surface area (Å²) in [7, 11) is -0.265. The van der Waals surface area contributed by atoms with Crippen molar-refractivity contribution in [3.05, 3.63) is 0 Å². The molecule has 0 aromatic carbocycles. The molecular weight excluding hydrogens is 130 g/mol. The molecule has 1 rings (SSSR count). The average molecular weight is 147 g/mol. The molecule has 1 aliphatic rings. The zero-order chi connectivity index (χ0) is 6.91. The Morgan fingerprint density at radius 3 is 2.44 bits per heavy atom. The quantitative estimate of drug-likeness (QED) is 0.607. The van der Waals surface area contributed by atoms with Crippen molar-refractivity contribution in [2.45, 2.75) is 32.1 Å². The number of nitrogens with one attached hydrogen (secondary N) is 1. The van der Waals surface area contributed by atoms with Gasteiger partial charge in [-0.1, -0.05) is 13.3 Å². The lowest BCUT2D eigenvalue weighted by Gasteiger charge is -2.10. The molecule has 1 nitrogen and oxygen atoms in total. The topological polar surface area (TPSA) is 21.9 Å². The van der Waals surface area contributed by atoms with Crippen molar-refractivity contribution in [1.82, 2.24) is 4.72 Å². The first-order chi connectivity index (χ1) is 4.19. The maximum Gasteiger partial charge on any atom is 0.0540 e. The molecule has 2 unspecified atom stereocenters. The minimum Gasteiger partial charge on any atom is -0.268 e. The Hall–Kier alpha value is 0.310. The Balaban J connectivity index is 2.13. The van der Waals surface area contributed by atoms with Crippen molar-refractivity contribution in [3.8, 4) is 0 Å². The third-order valence-corrected chi connectivity index (χ3v) is 5.53. The Morgan fingerprint density at radius 2 is 2.11 bits per heavy atom. The predicted molar refractivity (Wildman–Crippen MR) is 45.9 cm³/mol. The fourth-order valence-corrected chi connectivity index (χ4v) is 3.59. The van der Waals surface area contributed by atoms with Crippen molar-refractivity contribution in [1.29, 1.82) is 0 Å². The molecule has 1 aliphatic heterocycles. The van der Waals surface area contributed by atoms with E-state index in [1.54, 1.807) is 0 Å². The molecular formula is C7H17NS. The fourth-order valence-electron chi connectivity index (χ4n) is 1.03. The van der Waals surface area contributed by atoms with Gasteiger partial charge in [-0.25, -0.2) is 0 Å². The summed E-state index contributed by atoms with van der Waals surface area (Å²) in [5.74, 6) is 1.44. The number of hydrogen-bond donors (Lipinski definition) is 1. The molecule has 9 heavy (non-hydrogen) atoms. The van der Waals surface area contributed by atoms with Gasteiger partial charge in [0.15, 0.2) is 0 Å². The minimum atomic E-state index is -0.265. The van der Waals surface area contributed by atoms with Crippen LogP contribution in [0.1, 0.15) is 26.7 Å². The second-order valence-electron chi connectivity index (χ2n) is 2.98. The molecule has 1 heterocycles. The molecule has 0 radical (unpaired) electrons. The second kappa shape index (κ2) is 2.51. The van der Waals surface area contributed by atoms with Crippen LogP contribution in [0.25, 0.3) is 0 Å². The standard InChI is InChI=1S/C7H17NS/c1-4-5-6-9(3)7(2)8-9/h7-8H,4-6H2,1-3H3. The highest BCUT2D eigenvalue weighted by molar-refractivity contribution is 8.37. The molecule has 0 aromatic rings. The zero-order valence-electron chi connectivity index (χ0n) is 6.61. The van der Waals surface area contributed by atoms with Crippen LogP contribution in [0.4, 0.5) is 0 Å². The molecule has 2 atom stereocenters. The Morgan fingerprint density at radius 1 is 1.56 bits per heavy atom. The van der Waals surface area contributed by atoms with Crippen LogP contribution in [0.5, 0.6) is 0 Å². The first-order valence-electron chi connectivity index (χ1n) is 3.71. The van der Waals surface area contributed by atoms with Gasteiger partial charge in [-0.05, 0) is 25.4 Å². The van der Waals surface area contributed by atoms with Crippen LogP contribution in [0.2, 0.25) is 0 Å². The largest absolute Gasteiger partial charge is 0.268 e. The van der Waals surface area contributed by atoms with E-state index in [1.807, 2.05) is 0 Å². The van der Waals surface area contributed by atoms with Crippen LogP contribution >= 0.6 is 10.2 Å². The summed E-state index contributed by atoms with van der Waals surface area (Å²) in [6.07, 6.45) is 5.15. The highest BCUT2D eigenvalue weighted by Gasteiger charge is 2.39. The molecule has 56 valence electrons. The highest BCUT2D eigenvalue weighted by Crippen LogP contribution is 2.58. The lowest BCUT2D eigenvalue weighted by Crippen LogP contribution is -1.89. The van der Waals surface area contributed by atoms with E-state index in [-0.39, 0.29) is 10.2 Å². The van der Waals surface area contributed by atoms with Crippen LogP contribution in [0, 0.1) is 0 Å². The minimum absolute atomic E-state index is 0.265. The van der Waals surface area contributed by atoms with E-state index < -0.39 is 0 Å². The molecule has 0 aliphatic carbocycles. The normalized spacial score (nSPS) is 48.1. The first-order valence-corrected chi connectivity index (χ1v) is 5.98. The maximum atomic E-state index is 3.53. The lowest BCUT2D eigenvalue weighted by molar-refractivity contribution is 0.894. The average Bonchev–Trinajstić information content (AvgIpc) is 2.38. The smallest absolute Gasteiger partial charge is 0.0540 e. The summed E-state index contributed by atoms with van der Waals surface area (Å²) < 4.78 is 3.53. The monoisotopic (exact) mass is 147 g/mol. The van der Waals surface area contributed by atoms with Gasteiger partial charge in [0.1, 0.15) is 0 Å². The van der Waals surface area contributed by atoms with Crippen molar-refractivity contribution in [3.63, 3.8) is 0 Å². The van der Waals surface area contributed by atoms with E-state index in [4.69, 9.17) is 0 Å². The molecule has 1 saturated heterocycles. The first kappa shape index (κ1) is 7.42. The van der Waals surface area contributed by atoms with Gasteiger partial charge in [-0.15, -0.1) is 0 Å². The van der Waals surface area contributed by atoms with Gasteiger partial charge in [0, 0.05) is 0 Å². The van der Waals surface area contributed by atoms with Gasteiger partial charge in [0.05, 0.1) is 5.37 Å². The molecule has 0 aromatic heterocycles. The SMILES string of the molecule is CCCCS1(C)NC1C. The Labute approximate surface area is 59.7 Å². The number of unbranched alkanes of at least 4 members (excludes halogenated alkanes) is 1. The fraction of sp³-hybridized carbons (Fsp3) is 1.00. The van der Waals surface area contributed by atoms with Gasteiger partial charge >= 0.3 is 0 Å². The van der Waals surface area contributed by atoms with Gasteiger partial charge in [0.2, 0.25) is 0 Å². The number of rotatable bonds is 3. The van der Waals surface area contributed by atoms with E-state index in [9.17, 15) is 0 Å². The van der Waals surface area contributed by atoms with Crippen molar-refractivity contribution in [2.75, 3.05) is 12.0 Å². The predicted octanol–water partition coefficient (Wildman–Crippen LogP) is 2.09. The van der Waals surface area contributed by atoms with Crippen molar-refractivity contribution in [2.24, 2.45) is 0 Å². The van der Waals surface area contributed by atoms with Gasteiger partial charge < -0.3 is 0 Å². The van der Waals surface area contributed by atoms with Crippen LogP contribution in [-0.4, -0.2) is 17.4 Å². The molecule has 0 saturated carbocycles. The molecule has 1 fully saturated rings. The number of hydrogen-bond acceptors (Lipinski definition) is 1. The Bertz CT molecular complexity index is 105. The van der Waals surface area contributed by atoms with Crippen molar-refractivity contribution >= 4 is 10.2 Å². The summed E-state index contributed by atoms with van der Waals surface area (Å²) in [4.78, 5) is 0. The van der Waals surface area contributed by atoms with E-state index in [0.717, 1.165) is 5.37 Å². The third kappa shape index (κ3) is 1.62. The van der Waals surface area contributed by atoms with Gasteiger partial charge in [-0.3, -0.25) is 4.72 Å². The van der Waals surface area contributed by atoms with E-state index in [2.05, 4.69) is 24.8 Å². The van der Waals surface area contributed by atoms with E-state index in [1.165, 1.54) is 18.6 Å². The van der Waals surface area contributed by atoms with E-state index >= 15 is 0 Å². The summed E-state index contributed by atoms with van der Waals surface area (Å²) in [6, 6.07) is 0. The van der Waals surface area contributed by atoms with Crippen molar-refractivity contribution < 1.29 is 0 Å². The van der Waals surface area contributed by atoms with Crippen LogP contribution < -0.4 is 4.72 Å². The summed E-state index contributed by atoms with van der Waals surface area (Å²) >= 11 is 0. The third-order valence-electron chi connectivity index (χ3n) is 2.08. The Kier molecular flexibility index (Phi) is 2.07. The zero-order valence-corrected chi connectivity index (χ0v) is 7.42. The molecule has 0 bridgehead atoms.